The summed E-state index contributed by atoms with van der Waals surface area (Å²) in [6, 6.07) is 3.87. The van der Waals surface area contributed by atoms with Crippen LogP contribution in [0.1, 0.15) is 28.4 Å². The first-order chi connectivity index (χ1) is 8.50. The third-order valence-electron chi connectivity index (χ3n) is 3.47. The maximum Gasteiger partial charge on any atom is 0.254 e. The minimum absolute atomic E-state index is 0.0509. The summed E-state index contributed by atoms with van der Waals surface area (Å²) >= 11 is 0. The van der Waals surface area contributed by atoms with Gasteiger partial charge in [-0.05, 0) is 38.0 Å². The number of rotatable bonds is 1. The van der Waals surface area contributed by atoms with Gasteiger partial charge in [-0.3, -0.25) is 4.79 Å². The van der Waals surface area contributed by atoms with Crippen LogP contribution in [0.5, 0.6) is 0 Å². The van der Waals surface area contributed by atoms with E-state index in [-0.39, 0.29) is 11.9 Å². The van der Waals surface area contributed by atoms with Crippen LogP contribution < -0.4 is 5.73 Å². The molecule has 98 valence electrons. The Kier molecular flexibility index (Phi) is 3.57. The third kappa shape index (κ3) is 2.34. The molecule has 1 amide bonds. The van der Waals surface area contributed by atoms with Crippen molar-refractivity contribution >= 4 is 11.6 Å². The Labute approximate surface area is 108 Å². The molecule has 0 spiro atoms. The number of amides is 1. The van der Waals surface area contributed by atoms with E-state index in [1.165, 1.54) is 0 Å². The second kappa shape index (κ2) is 4.98. The number of hydrogen-bond donors (Lipinski definition) is 1. The molecule has 1 aliphatic rings. The van der Waals surface area contributed by atoms with E-state index in [9.17, 15) is 4.79 Å². The first kappa shape index (κ1) is 12.9. The van der Waals surface area contributed by atoms with Crippen molar-refractivity contribution in [1.29, 1.82) is 0 Å². The number of nitrogens with zero attached hydrogens (tertiary/aromatic N) is 1. The topological polar surface area (TPSA) is 55.6 Å². The van der Waals surface area contributed by atoms with Crippen LogP contribution in [0.25, 0.3) is 0 Å². The second-order valence-electron chi connectivity index (χ2n) is 4.95. The largest absolute Gasteiger partial charge is 0.398 e. The lowest BCUT2D eigenvalue weighted by atomic mass is 10.0. The van der Waals surface area contributed by atoms with Crippen molar-refractivity contribution in [3.63, 3.8) is 0 Å². The standard InChI is InChI=1S/C14H20N2O2/c1-9-6-10(2)13(15)7-12(9)14(17)16-4-5-18-8-11(16)3/h6-7,11H,4-5,8,15H2,1-3H3/t11-/m1/s1. The van der Waals surface area contributed by atoms with Crippen molar-refractivity contribution in [2.24, 2.45) is 0 Å². The highest BCUT2D eigenvalue weighted by Gasteiger charge is 2.25. The third-order valence-corrected chi connectivity index (χ3v) is 3.47. The van der Waals surface area contributed by atoms with E-state index in [0.717, 1.165) is 11.1 Å². The maximum atomic E-state index is 12.5. The number of hydrogen-bond acceptors (Lipinski definition) is 3. The van der Waals surface area contributed by atoms with Gasteiger partial charge in [0.25, 0.3) is 5.91 Å². The van der Waals surface area contributed by atoms with Gasteiger partial charge in [-0.25, -0.2) is 0 Å². The molecule has 4 nitrogen and oxygen atoms in total. The number of benzene rings is 1. The lowest BCUT2D eigenvalue weighted by molar-refractivity contribution is 0.00355. The fraction of sp³-hybridized carbons (Fsp3) is 0.500. The summed E-state index contributed by atoms with van der Waals surface area (Å²) in [6.45, 7) is 7.76. The molecule has 4 heteroatoms. The van der Waals surface area contributed by atoms with Gasteiger partial charge in [0.05, 0.1) is 19.3 Å². The zero-order valence-corrected chi connectivity index (χ0v) is 11.2. The number of morpholine rings is 1. The van der Waals surface area contributed by atoms with E-state index < -0.39 is 0 Å². The average Bonchev–Trinajstić information content (AvgIpc) is 2.33. The summed E-state index contributed by atoms with van der Waals surface area (Å²) in [7, 11) is 0. The van der Waals surface area contributed by atoms with Crippen LogP contribution in [-0.2, 0) is 4.74 Å². The summed E-state index contributed by atoms with van der Waals surface area (Å²) < 4.78 is 5.35. The van der Waals surface area contributed by atoms with E-state index in [0.29, 0.717) is 31.0 Å². The Bertz CT molecular complexity index is 471. The predicted molar refractivity (Wildman–Crippen MR) is 71.6 cm³/mol. The lowest BCUT2D eigenvalue weighted by Crippen LogP contribution is -2.47. The molecule has 1 aliphatic heterocycles. The molecule has 2 rings (SSSR count). The van der Waals surface area contributed by atoms with E-state index in [1.807, 2.05) is 31.7 Å². The summed E-state index contributed by atoms with van der Waals surface area (Å²) in [4.78, 5) is 14.4. The molecule has 1 atom stereocenters. The Morgan fingerprint density at radius 2 is 2.11 bits per heavy atom. The smallest absolute Gasteiger partial charge is 0.254 e. The highest BCUT2D eigenvalue weighted by Crippen LogP contribution is 2.21. The summed E-state index contributed by atoms with van der Waals surface area (Å²) in [5, 5.41) is 0. The molecule has 0 bridgehead atoms. The molecular formula is C14H20N2O2. The van der Waals surface area contributed by atoms with E-state index in [2.05, 4.69) is 0 Å². The van der Waals surface area contributed by atoms with E-state index in [4.69, 9.17) is 10.5 Å². The van der Waals surface area contributed by atoms with Gasteiger partial charge in [-0.15, -0.1) is 0 Å². The number of aryl methyl sites for hydroxylation is 2. The van der Waals surface area contributed by atoms with Crippen molar-refractivity contribution in [3.05, 3.63) is 28.8 Å². The number of nitrogens with two attached hydrogens (primary N) is 1. The van der Waals surface area contributed by atoms with Crippen LogP contribution >= 0.6 is 0 Å². The van der Waals surface area contributed by atoms with Gasteiger partial charge < -0.3 is 15.4 Å². The van der Waals surface area contributed by atoms with Crippen LogP contribution in [0.2, 0.25) is 0 Å². The van der Waals surface area contributed by atoms with Crippen LogP contribution in [-0.4, -0.2) is 36.6 Å². The molecule has 0 aliphatic carbocycles. The summed E-state index contributed by atoms with van der Waals surface area (Å²) in [5.41, 5.74) is 9.26. The molecule has 1 aromatic carbocycles. The van der Waals surface area contributed by atoms with Gasteiger partial charge in [0.15, 0.2) is 0 Å². The van der Waals surface area contributed by atoms with Gasteiger partial charge in [-0.2, -0.15) is 0 Å². The highest BCUT2D eigenvalue weighted by atomic mass is 16.5. The Morgan fingerprint density at radius 1 is 1.39 bits per heavy atom. The first-order valence-electron chi connectivity index (χ1n) is 6.26. The lowest BCUT2D eigenvalue weighted by Gasteiger charge is -2.33. The minimum Gasteiger partial charge on any atom is -0.398 e. The number of anilines is 1. The predicted octanol–water partition coefficient (Wildman–Crippen LogP) is 1.75. The number of carbonyl (C=O) groups is 1. The molecular weight excluding hydrogens is 228 g/mol. The monoisotopic (exact) mass is 248 g/mol. The molecule has 0 saturated carbocycles. The Hall–Kier alpha value is -1.55. The molecule has 1 heterocycles. The normalized spacial score (nSPS) is 19.9. The molecule has 0 radical (unpaired) electrons. The molecule has 1 fully saturated rings. The fourth-order valence-corrected chi connectivity index (χ4v) is 2.28. The highest BCUT2D eigenvalue weighted by molar-refractivity contribution is 5.97. The van der Waals surface area contributed by atoms with Crippen molar-refractivity contribution in [2.75, 3.05) is 25.5 Å². The van der Waals surface area contributed by atoms with Crippen LogP contribution in [0.15, 0.2) is 12.1 Å². The average molecular weight is 248 g/mol. The number of nitrogen functional groups attached to an aromatic ring is 1. The van der Waals surface area contributed by atoms with E-state index in [1.54, 1.807) is 6.07 Å². The van der Waals surface area contributed by atoms with Crippen LogP contribution in [0.4, 0.5) is 5.69 Å². The molecule has 0 unspecified atom stereocenters. The zero-order valence-electron chi connectivity index (χ0n) is 11.2. The molecule has 2 N–H and O–H groups in total. The number of carbonyl (C=O) groups excluding carboxylic acids is 1. The Balaban J connectivity index is 2.30. The number of ether oxygens (including phenoxy) is 1. The molecule has 1 aromatic rings. The Morgan fingerprint density at radius 3 is 2.78 bits per heavy atom. The quantitative estimate of drug-likeness (QED) is 0.770. The van der Waals surface area contributed by atoms with Crippen LogP contribution in [0, 0.1) is 13.8 Å². The summed E-state index contributed by atoms with van der Waals surface area (Å²) in [5.74, 6) is 0.0509. The van der Waals surface area contributed by atoms with E-state index >= 15 is 0 Å². The van der Waals surface area contributed by atoms with Gasteiger partial charge in [0.2, 0.25) is 0 Å². The fourth-order valence-electron chi connectivity index (χ4n) is 2.28. The van der Waals surface area contributed by atoms with Gasteiger partial charge >= 0.3 is 0 Å². The van der Waals surface area contributed by atoms with Crippen molar-refractivity contribution in [2.45, 2.75) is 26.8 Å². The van der Waals surface area contributed by atoms with Crippen molar-refractivity contribution < 1.29 is 9.53 Å². The second-order valence-corrected chi connectivity index (χ2v) is 4.95. The molecule has 18 heavy (non-hydrogen) atoms. The zero-order chi connectivity index (χ0) is 13.3. The van der Waals surface area contributed by atoms with Gasteiger partial charge in [-0.1, -0.05) is 6.07 Å². The first-order valence-corrected chi connectivity index (χ1v) is 6.26. The van der Waals surface area contributed by atoms with Gasteiger partial charge in [0.1, 0.15) is 0 Å². The maximum absolute atomic E-state index is 12.5. The minimum atomic E-state index is 0.0509. The summed E-state index contributed by atoms with van der Waals surface area (Å²) in [6.07, 6.45) is 0. The molecule has 0 aromatic heterocycles. The van der Waals surface area contributed by atoms with Gasteiger partial charge in [0, 0.05) is 17.8 Å². The van der Waals surface area contributed by atoms with Crippen LogP contribution in [0.3, 0.4) is 0 Å². The SMILES string of the molecule is Cc1cc(C)c(C(=O)N2CCOC[C@H]2C)cc1N. The van der Waals surface area contributed by atoms with Crippen molar-refractivity contribution in [3.8, 4) is 0 Å². The van der Waals surface area contributed by atoms with Crippen molar-refractivity contribution in [1.82, 2.24) is 4.90 Å². The molecule has 1 saturated heterocycles.